The summed E-state index contributed by atoms with van der Waals surface area (Å²) in [4.78, 5) is 2.88. The fourth-order valence-electron chi connectivity index (χ4n) is 3.10. The van der Waals surface area contributed by atoms with E-state index < -0.39 is 10.0 Å². The predicted octanol–water partition coefficient (Wildman–Crippen LogP) is 1.90. The molecule has 0 bridgehead atoms. The molecule has 0 spiro atoms. The Morgan fingerprint density at radius 3 is 2.52 bits per heavy atom. The van der Waals surface area contributed by atoms with E-state index in [1.807, 2.05) is 18.2 Å². The van der Waals surface area contributed by atoms with Crippen molar-refractivity contribution < 1.29 is 8.42 Å². The first kappa shape index (κ1) is 18.4. The van der Waals surface area contributed by atoms with Gasteiger partial charge in [0.2, 0.25) is 10.0 Å². The molecule has 130 valence electrons. The van der Waals surface area contributed by atoms with E-state index in [4.69, 9.17) is 0 Å². The van der Waals surface area contributed by atoms with Crippen LogP contribution in [0.1, 0.15) is 31.7 Å². The fraction of sp³-hybridized carbons (Fsp3) is 0.647. The largest absolute Gasteiger partial charge is 0.317 e. The number of hydrogen-bond donors (Lipinski definition) is 1. The molecular formula is C17H29N3O2S. The average molecular weight is 340 g/mol. The van der Waals surface area contributed by atoms with Crippen LogP contribution in [0, 0.1) is 0 Å². The highest BCUT2D eigenvalue weighted by atomic mass is 32.2. The molecule has 0 aliphatic carbocycles. The van der Waals surface area contributed by atoms with E-state index in [2.05, 4.69) is 17.1 Å². The van der Waals surface area contributed by atoms with E-state index >= 15 is 0 Å². The van der Waals surface area contributed by atoms with Gasteiger partial charge >= 0.3 is 0 Å². The molecule has 0 aromatic heterocycles. The zero-order valence-electron chi connectivity index (χ0n) is 14.5. The van der Waals surface area contributed by atoms with Crippen molar-refractivity contribution in [1.82, 2.24) is 14.5 Å². The molecule has 0 atom stereocenters. The Kier molecular flexibility index (Phi) is 6.59. The van der Waals surface area contributed by atoms with Crippen LogP contribution in [-0.2, 0) is 16.6 Å². The van der Waals surface area contributed by atoms with Crippen LogP contribution in [0.4, 0.5) is 0 Å². The Bertz CT molecular complexity index is 596. The quantitative estimate of drug-likeness (QED) is 0.824. The smallest absolute Gasteiger partial charge is 0.242 e. The Morgan fingerprint density at radius 2 is 1.91 bits per heavy atom. The van der Waals surface area contributed by atoms with Gasteiger partial charge in [0.25, 0.3) is 0 Å². The minimum Gasteiger partial charge on any atom is -0.317 e. The number of sulfonamides is 1. The highest BCUT2D eigenvalue weighted by Crippen LogP contribution is 2.19. The van der Waals surface area contributed by atoms with Crippen LogP contribution in [0.5, 0.6) is 0 Å². The lowest BCUT2D eigenvalue weighted by atomic mass is 10.0. The third-order valence-electron chi connectivity index (χ3n) is 4.40. The molecule has 2 rings (SSSR count). The molecule has 1 aliphatic heterocycles. The maximum Gasteiger partial charge on any atom is 0.242 e. The van der Waals surface area contributed by atoms with Crippen LogP contribution in [-0.4, -0.2) is 57.4 Å². The van der Waals surface area contributed by atoms with Gasteiger partial charge in [0.05, 0.1) is 4.90 Å². The number of hydrogen-bond acceptors (Lipinski definition) is 4. The molecular weight excluding hydrogens is 310 g/mol. The molecule has 0 amide bonds. The van der Waals surface area contributed by atoms with Crippen molar-refractivity contribution >= 4 is 10.0 Å². The maximum absolute atomic E-state index is 12.3. The van der Waals surface area contributed by atoms with Crippen molar-refractivity contribution in [2.75, 3.05) is 33.7 Å². The molecule has 23 heavy (non-hydrogen) atoms. The third-order valence-corrected chi connectivity index (χ3v) is 6.21. The van der Waals surface area contributed by atoms with Crippen LogP contribution in [0.3, 0.4) is 0 Å². The molecule has 1 fully saturated rings. The summed E-state index contributed by atoms with van der Waals surface area (Å²) in [6, 6.07) is 7.95. The van der Waals surface area contributed by atoms with Gasteiger partial charge in [-0.3, -0.25) is 4.90 Å². The second-order valence-electron chi connectivity index (χ2n) is 6.39. The lowest BCUT2D eigenvalue weighted by Gasteiger charge is -2.34. The molecule has 0 radical (unpaired) electrons. The van der Waals surface area contributed by atoms with E-state index in [0.29, 0.717) is 10.9 Å². The normalized spacial score (nSPS) is 17.1. The van der Waals surface area contributed by atoms with Gasteiger partial charge in [-0.1, -0.05) is 19.1 Å². The van der Waals surface area contributed by atoms with Crippen LogP contribution in [0.2, 0.25) is 0 Å². The summed E-state index contributed by atoms with van der Waals surface area (Å²) in [5, 5.41) is 3.41. The lowest BCUT2D eigenvalue weighted by Crippen LogP contribution is -2.43. The van der Waals surface area contributed by atoms with E-state index in [1.165, 1.54) is 4.31 Å². The van der Waals surface area contributed by atoms with E-state index in [9.17, 15) is 8.42 Å². The van der Waals surface area contributed by atoms with Gasteiger partial charge in [-0.05, 0) is 56.6 Å². The standard InChI is InChI=1S/C17H29N3O2S/c1-4-12-20(16-8-10-18-11-9-16)14-15-6-5-7-17(13-15)23(21,22)19(2)3/h5-7,13,16,18H,4,8-12,14H2,1-3H3. The maximum atomic E-state index is 12.3. The molecule has 1 heterocycles. The van der Waals surface area contributed by atoms with Gasteiger partial charge < -0.3 is 5.32 Å². The molecule has 1 aliphatic rings. The van der Waals surface area contributed by atoms with Crippen molar-refractivity contribution in [2.45, 2.75) is 43.7 Å². The van der Waals surface area contributed by atoms with Gasteiger partial charge in [0, 0.05) is 26.7 Å². The molecule has 1 aromatic rings. The van der Waals surface area contributed by atoms with Crippen molar-refractivity contribution in [1.29, 1.82) is 0 Å². The predicted molar refractivity (Wildman–Crippen MR) is 93.9 cm³/mol. The first-order valence-corrected chi connectivity index (χ1v) is 9.85. The average Bonchev–Trinajstić information content (AvgIpc) is 2.55. The molecule has 1 N–H and O–H groups in total. The highest BCUT2D eigenvalue weighted by Gasteiger charge is 2.22. The zero-order valence-corrected chi connectivity index (χ0v) is 15.3. The summed E-state index contributed by atoms with van der Waals surface area (Å²) in [6.07, 6.45) is 3.44. The second kappa shape index (κ2) is 8.24. The van der Waals surface area contributed by atoms with Crippen LogP contribution in [0.25, 0.3) is 0 Å². The molecule has 1 aromatic carbocycles. The summed E-state index contributed by atoms with van der Waals surface area (Å²) in [7, 11) is -0.228. The zero-order chi connectivity index (χ0) is 16.9. The van der Waals surface area contributed by atoms with Gasteiger partial charge in [0.1, 0.15) is 0 Å². The number of rotatable bonds is 7. The van der Waals surface area contributed by atoms with Gasteiger partial charge in [-0.2, -0.15) is 0 Å². The highest BCUT2D eigenvalue weighted by molar-refractivity contribution is 7.89. The lowest BCUT2D eigenvalue weighted by molar-refractivity contribution is 0.154. The van der Waals surface area contributed by atoms with Crippen molar-refractivity contribution in [2.24, 2.45) is 0 Å². The van der Waals surface area contributed by atoms with Crippen molar-refractivity contribution in [3.63, 3.8) is 0 Å². The van der Waals surface area contributed by atoms with E-state index in [1.54, 1.807) is 20.2 Å². The van der Waals surface area contributed by atoms with Crippen molar-refractivity contribution in [3.05, 3.63) is 29.8 Å². The Labute approximate surface area is 140 Å². The van der Waals surface area contributed by atoms with Crippen LogP contribution in [0.15, 0.2) is 29.2 Å². The van der Waals surface area contributed by atoms with Gasteiger partial charge in [-0.25, -0.2) is 12.7 Å². The Balaban J connectivity index is 2.16. The van der Waals surface area contributed by atoms with Crippen LogP contribution < -0.4 is 5.32 Å². The monoisotopic (exact) mass is 339 g/mol. The summed E-state index contributed by atoms with van der Waals surface area (Å²) < 4.78 is 25.9. The van der Waals surface area contributed by atoms with Crippen LogP contribution >= 0.6 is 0 Å². The minimum atomic E-state index is -3.37. The SMILES string of the molecule is CCCN(Cc1cccc(S(=O)(=O)N(C)C)c1)C1CCNCC1. The molecule has 0 unspecified atom stereocenters. The van der Waals surface area contributed by atoms with Gasteiger partial charge in [-0.15, -0.1) is 0 Å². The van der Waals surface area contributed by atoms with Crippen molar-refractivity contribution in [3.8, 4) is 0 Å². The minimum absolute atomic E-state index is 0.377. The number of benzene rings is 1. The Hall–Kier alpha value is -0.950. The second-order valence-corrected chi connectivity index (χ2v) is 8.54. The third kappa shape index (κ3) is 4.76. The first-order chi connectivity index (χ1) is 10.9. The number of piperidine rings is 1. The summed E-state index contributed by atoms with van der Waals surface area (Å²) >= 11 is 0. The molecule has 1 saturated heterocycles. The summed E-state index contributed by atoms with van der Waals surface area (Å²) in [5.74, 6) is 0. The fourth-order valence-corrected chi connectivity index (χ4v) is 4.07. The summed E-state index contributed by atoms with van der Waals surface area (Å²) in [6.45, 7) is 6.20. The number of nitrogens with zero attached hydrogens (tertiary/aromatic N) is 2. The summed E-state index contributed by atoms with van der Waals surface area (Å²) in [5.41, 5.74) is 1.07. The topological polar surface area (TPSA) is 52.7 Å². The van der Waals surface area contributed by atoms with E-state index in [0.717, 1.165) is 51.0 Å². The van der Waals surface area contributed by atoms with Gasteiger partial charge in [0.15, 0.2) is 0 Å². The Morgan fingerprint density at radius 1 is 1.22 bits per heavy atom. The van der Waals surface area contributed by atoms with E-state index in [-0.39, 0.29) is 0 Å². The number of nitrogens with one attached hydrogen (secondary N) is 1. The molecule has 5 nitrogen and oxygen atoms in total. The molecule has 6 heteroatoms. The molecule has 0 saturated carbocycles. The first-order valence-electron chi connectivity index (χ1n) is 8.41.